The molecule has 0 fully saturated rings. The maximum Gasteiger partial charge on any atom is 0.339 e. The van der Waals surface area contributed by atoms with Gasteiger partial charge in [-0.1, -0.05) is 110 Å². The van der Waals surface area contributed by atoms with Gasteiger partial charge in [0, 0.05) is 5.56 Å². The second-order valence-electron chi connectivity index (χ2n) is 6.90. The van der Waals surface area contributed by atoms with Gasteiger partial charge in [-0.3, -0.25) is 0 Å². The van der Waals surface area contributed by atoms with Crippen molar-refractivity contribution in [3.8, 4) is 33.4 Å². The molecular weight excluding hydrogens is 368 g/mol. The molecule has 0 heterocycles. The third kappa shape index (κ3) is 3.94. The summed E-state index contributed by atoms with van der Waals surface area (Å²) >= 11 is 0. The van der Waals surface area contributed by atoms with E-state index < -0.39 is 0 Å². The second-order valence-corrected chi connectivity index (χ2v) is 6.90. The van der Waals surface area contributed by atoms with Crippen molar-refractivity contribution < 1.29 is 9.53 Å². The quantitative estimate of drug-likeness (QED) is 0.261. The molecule has 0 aliphatic rings. The van der Waals surface area contributed by atoms with Crippen molar-refractivity contribution >= 4 is 5.97 Å². The van der Waals surface area contributed by atoms with Crippen LogP contribution in [0.2, 0.25) is 0 Å². The molecule has 0 aliphatic carbocycles. The SMILES string of the molecule is C=CCOC(=O)c1ccc(-c2ccccc2)c(-c2ccccc2)c1-c1ccccc1. The van der Waals surface area contributed by atoms with Crippen LogP contribution in [0.15, 0.2) is 116 Å². The second kappa shape index (κ2) is 9.06. The summed E-state index contributed by atoms with van der Waals surface area (Å²) in [6, 6.07) is 34.3. The van der Waals surface area contributed by atoms with Crippen LogP contribution < -0.4 is 0 Å². The van der Waals surface area contributed by atoms with Gasteiger partial charge < -0.3 is 4.74 Å². The van der Waals surface area contributed by atoms with Crippen molar-refractivity contribution in [2.24, 2.45) is 0 Å². The molecule has 0 aliphatic heterocycles. The monoisotopic (exact) mass is 390 g/mol. The first kappa shape index (κ1) is 19.4. The molecule has 0 aromatic heterocycles. The van der Waals surface area contributed by atoms with Gasteiger partial charge >= 0.3 is 5.97 Å². The summed E-state index contributed by atoms with van der Waals surface area (Å²) in [7, 11) is 0. The van der Waals surface area contributed by atoms with Crippen LogP contribution in [0.4, 0.5) is 0 Å². The largest absolute Gasteiger partial charge is 0.458 e. The van der Waals surface area contributed by atoms with E-state index in [-0.39, 0.29) is 12.6 Å². The van der Waals surface area contributed by atoms with Gasteiger partial charge in [0.25, 0.3) is 0 Å². The average molecular weight is 390 g/mol. The number of rotatable bonds is 6. The Hall–Kier alpha value is -3.91. The molecule has 4 aromatic rings. The lowest BCUT2D eigenvalue weighted by molar-refractivity contribution is 0.0550. The highest BCUT2D eigenvalue weighted by atomic mass is 16.5. The van der Waals surface area contributed by atoms with E-state index >= 15 is 0 Å². The van der Waals surface area contributed by atoms with Crippen molar-refractivity contribution in [1.82, 2.24) is 0 Å². The van der Waals surface area contributed by atoms with Gasteiger partial charge in [-0.05, 0) is 33.9 Å². The Balaban J connectivity index is 2.06. The minimum absolute atomic E-state index is 0.175. The Labute approximate surface area is 177 Å². The van der Waals surface area contributed by atoms with E-state index in [1.54, 1.807) is 6.08 Å². The highest BCUT2D eigenvalue weighted by molar-refractivity contribution is 6.06. The van der Waals surface area contributed by atoms with E-state index in [0.717, 1.165) is 33.4 Å². The van der Waals surface area contributed by atoms with Crippen LogP contribution in [-0.4, -0.2) is 12.6 Å². The fourth-order valence-corrected chi connectivity index (χ4v) is 3.65. The minimum atomic E-state index is -0.356. The molecule has 4 rings (SSSR count). The van der Waals surface area contributed by atoms with Crippen molar-refractivity contribution in [2.75, 3.05) is 6.61 Å². The summed E-state index contributed by atoms with van der Waals surface area (Å²) in [6.07, 6.45) is 1.58. The Morgan fingerprint density at radius 1 is 0.667 bits per heavy atom. The van der Waals surface area contributed by atoms with Crippen molar-refractivity contribution in [3.05, 3.63) is 121 Å². The lowest BCUT2D eigenvalue weighted by Crippen LogP contribution is -2.08. The van der Waals surface area contributed by atoms with E-state index in [4.69, 9.17) is 4.74 Å². The lowest BCUT2D eigenvalue weighted by atomic mass is 9.84. The zero-order chi connectivity index (χ0) is 20.8. The van der Waals surface area contributed by atoms with E-state index in [2.05, 4.69) is 30.8 Å². The molecule has 0 bridgehead atoms. The zero-order valence-electron chi connectivity index (χ0n) is 16.6. The maximum atomic E-state index is 13.0. The van der Waals surface area contributed by atoms with E-state index in [1.165, 1.54) is 0 Å². The van der Waals surface area contributed by atoms with Crippen LogP contribution in [-0.2, 0) is 4.74 Å². The number of hydrogen-bond donors (Lipinski definition) is 0. The normalized spacial score (nSPS) is 10.4. The Kier molecular flexibility index (Phi) is 5.86. The molecule has 0 unspecified atom stereocenters. The summed E-state index contributed by atoms with van der Waals surface area (Å²) in [5.41, 5.74) is 6.62. The van der Waals surface area contributed by atoms with Gasteiger partial charge in [-0.2, -0.15) is 0 Å². The molecule has 30 heavy (non-hydrogen) atoms. The number of carbonyl (C=O) groups is 1. The molecule has 0 radical (unpaired) electrons. The van der Waals surface area contributed by atoms with Crippen LogP contribution in [0.25, 0.3) is 33.4 Å². The highest BCUT2D eigenvalue weighted by Crippen LogP contribution is 2.42. The minimum Gasteiger partial charge on any atom is -0.458 e. The van der Waals surface area contributed by atoms with Crippen molar-refractivity contribution in [1.29, 1.82) is 0 Å². The van der Waals surface area contributed by atoms with E-state index in [1.807, 2.05) is 78.9 Å². The Bertz CT molecular complexity index is 1150. The molecule has 2 nitrogen and oxygen atoms in total. The predicted molar refractivity (Wildman–Crippen MR) is 123 cm³/mol. The predicted octanol–water partition coefficient (Wildman–Crippen LogP) is 7.03. The summed E-state index contributed by atoms with van der Waals surface area (Å²) < 4.78 is 5.42. The molecule has 4 aromatic carbocycles. The topological polar surface area (TPSA) is 26.3 Å². The molecule has 0 spiro atoms. The van der Waals surface area contributed by atoms with Gasteiger partial charge in [-0.15, -0.1) is 0 Å². The average Bonchev–Trinajstić information content (AvgIpc) is 2.83. The molecule has 0 saturated heterocycles. The van der Waals surface area contributed by atoms with Crippen LogP contribution in [0.5, 0.6) is 0 Å². The number of carbonyl (C=O) groups excluding carboxylic acids is 1. The molecule has 0 N–H and O–H groups in total. The summed E-state index contributed by atoms with van der Waals surface area (Å²) in [5, 5.41) is 0. The van der Waals surface area contributed by atoms with Gasteiger partial charge in [0.05, 0.1) is 5.56 Å². The fraction of sp³-hybridized carbons (Fsp3) is 0.0357. The number of ether oxygens (including phenoxy) is 1. The summed E-state index contributed by atoms with van der Waals surface area (Å²) in [4.78, 5) is 13.0. The van der Waals surface area contributed by atoms with Crippen LogP contribution in [0, 0.1) is 0 Å². The molecular formula is C28H22O2. The zero-order valence-corrected chi connectivity index (χ0v) is 16.6. The summed E-state index contributed by atoms with van der Waals surface area (Å²) in [6.45, 7) is 3.82. The molecule has 146 valence electrons. The Morgan fingerprint density at radius 2 is 1.17 bits per heavy atom. The third-order valence-corrected chi connectivity index (χ3v) is 4.97. The molecule has 0 saturated carbocycles. The van der Waals surface area contributed by atoms with Crippen molar-refractivity contribution in [3.63, 3.8) is 0 Å². The van der Waals surface area contributed by atoms with Crippen LogP contribution >= 0.6 is 0 Å². The number of hydrogen-bond acceptors (Lipinski definition) is 2. The fourth-order valence-electron chi connectivity index (χ4n) is 3.65. The van der Waals surface area contributed by atoms with E-state index in [9.17, 15) is 4.79 Å². The highest BCUT2D eigenvalue weighted by Gasteiger charge is 2.22. The van der Waals surface area contributed by atoms with Gasteiger partial charge in [0.2, 0.25) is 0 Å². The summed E-state index contributed by atoms with van der Waals surface area (Å²) in [5.74, 6) is -0.356. The first-order valence-electron chi connectivity index (χ1n) is 9.91. The van der Waals surface area contributed by atoms with Crippen LogP contribution in [0.3, 0.4) is 0 Å². The standard InChI is InChI=1S/C28H22O2/c1-2-20-30-28(29)25-19-18-24(21-12-6-3-7-13-21)26(22-14-8-4-9-15-22)27(25)23-16-10-5-11-17-23/h2-19H,1,20H2. The first-order valence-corrected chi connectivity index (χ1v) is 9.91. The van der Waals surface area contributed by atoms with Gasteiger partial charge in [0.1, 0.15) is 6.61 Å². The molecule has 2 heteroatoms. The molecule has 0 amide bonds. The van der Waals surface area contributed by atoms with E-state index in [0.29, 0.717) is 5.56 Å². The van der Waals surface area contributed by atoms with Crippen molar-refractivity contribution in [2.45, 2.75) is 0 Å². The third-order valence-electron chi connectivity index (χ3n) is 4.97. The first-order chi connectivity index (χ1) is 14.8. The maximum absolute atomic E-state index is 13.0. The van der Waals surface area contributed by atoms with Crippen LogP contribution in [0.1, 0.15) is 10.4 Å². The Morgan fingerprint density at radius 3 is 1.70 bits per heavy atom. The molecule has 0 atom stereocenters. The number of esters is 1. The number of benzene rings is 4. The van der Waals surface area contributed by atoms with Gasteiger partial charge in [0.15, 0.2) is 0 Å². The smallest absolute Gasteiger partial charge is 0.339 e. The van der Waals surface area contributed by atoms with Gasteiger partial charge in [-0.25, -0.2) is 4.79 Å². The lowest BCUT2D eigenvalue weighted by Gasteiger charge is -2.19.